The fourth-order valence-electron chi connectivity index (χ4n) is 1.73. The van der Waals surface area contributed by atoms with Gasteiger partial charge in [-0.2, -0.15) is 0 Å². The van der Waals surface area contributed by atoms with E-state index in [2.05, 4.69) is 5.32 Å². The van der Waals surface area contributed by atoms with E-state index in [0.29, 0.717) is 19.6 Å². The molecular formula is C10H17NO3. The lowest BCUT2D eigenvalue weighted by molar-refractivity contribution is -0.146. The normalized spacial score (nSPS) is 31.8. The molecule has 1 aliphatic carbocycles. The number of carbonyl (C=O) groups is 1. The molecule has 4 heteroatoms. The van der Waals surface area contributed by atoms with E-state index >= 15 is 0 Å². The molecule has 2 rings (SSSR count). The van der Waals surface area contributed by atoms with Gasteiger partial charge in [0.2, 0.25) is 0 Å². The average molecular weight is 199 g/mol. The van der Waals surface area contributed by atoms with Gasteiger partial charge >= 0.3 is 5.97 Å². The smallest absolute Gasteiger partial charge is 0.323 e. The number of carbonyl (C=O) groups excluding carboxylic acids is 1. The van der Waals surface area contributed by atoms with Crippen molar-refractivity contribution in [3.8, 4) is 0 Å². The Labute approximate surface area is 83.6 Å². The van der Waals surface area contributed by atoms with Crippen LogP contribution in [0, 0.1) is 5.92 Å². The lowest BCUT2D eigenvalue weighted by atomic mass is 10.2. The second-order valence-electron chi connectivity index (χ2n) is 4.25. The number of rotatable bonds is 4. The number of hydrogen-bond acceptors (Lipinski definition) is 4. The summed E-state index contributed by atoms with van der Waals surface area (Å²) in [5.74, 6) is 0.590. The SMILES string of the molecule is O=C(OCCC1CC1)[C@@H]1C[C@@H](O)CN1. The van der Waals surface area contributed by atoms with Gasteiger partial charge in [0, 0.05) is 13.0 Å². The van der Waals surface area contributed by atoms with Crippen LogP contribution in [0.15, 0.2) is 0 Å². The van der Waals surface area contributed by atoms with E-state index in [1.165, 1.54) is 12.8 Å². The van der Waals surface area contributed by atoms with Crippen molar-refractivity contribution in [2.24, 2.45) is 5.92 Å². The predicted octanol–water partition coefficient (Wildman–Crippen LogP) is 0.0525. The van der Waals surface area contributed by atoms with Gasteiger partial charge in [0.1, 0.15) is 6.04 Å². The van der Waals surface area contributed by atoms with Gasteiger partial charge in [-0.15, -0.1) is 0 Å². The molecule has 0 aromatic carbocycles. The van der Waals surface area contributed by atoms with Gasteiger partial charge in [-0.05, 0) is 12.3 Å². The summed E-state index contributed by atoms with van der Waals surface area (Å²) >= 11 is 0. The maximum absolute atomic E-state index is 11.4. The summed E-state index contributed by atoms with van der Waals surface area (Å²) < 4.78 is 5.11. The van der Waals surface area contributed by atoms with Crippen LogP contribution in [-0.4, -0.2) is 36.4 Å². The number of β-amino-alcohol motifs (C(OH)–C–C–N with tert-alkyl or cyclic N) is 1. The molecule has 0 aromatic rings. The standard InChI is InChI=1S/C10H17NO3/c12-8-5-9(11-6-8)10(13)14-4-3-7-1-2-7/h7-9,11-12H,1-6H2/t8-,9+/m1/s1. The first kappa shape index (κ1) is 9.93. The highest BCUT2D eigenvalue weighted by molar-refractivity contribution is 5.76. The Morgan fingerprint density at radius 1 is 1.50 bits per heavy atom. The van der Waals surface area contributed by atoms with Crippen molar-refractivity contribution in [2.45, 2.75) is 37.8 Å². The van der Waals surface area contributed by atoms with Crippen molar-refractivity contribution in [3.63, 3.8) is 0 Å². The van der Waals surface area contributed by atoms with E-state index in [1.807, 2.05) is 0 Å². The highest BCUT2D eigenvalue weighted by Crippen LogP contribution is 2.32. The summed E-state index contributed by atoms with van der Waals surface area (Å²) in [6.07, 6.45) is 3.68. The second-order valence-corrected chi connectivity index (χ2v) is 4.25. The van der Waals surface area contributed by atoms with Gasteiger partial charge in [-0.1, -0.05) is 12.8 Å². The monoisotopic (exact) mass is 199 g/mol. The van der Waals surface area contributed by atoms with E-state index in [4.69, 9.17) is 4.74 Å². The van der Waals surface area contributed by atoms with Crippen molar-refractivity contribution < 1.29 is 14.6 Å². The molecule has 2 aliphatic rings. The fraction of sp³-hybridized carbons (Fsp3) is 0.900. The molecule has 0 bridgehead atoms. The van der Waals surface area contributed by atoms with Gasteiger partial charge in [-0.3, -0.25) is 4.79 Å². The molecule has 80 valence electrons. The summed E-state index contributed by atoms with van der Waals surface area (Å²) in [6, 6.07) is -0.288. The Morgan fingerprint density at radius 3 is 2.86 bits per heavy atom. The first-order valence-corrected chi connectivity index (χ1v) is 5.34. The maximum atomic E-state index is 11.4. The number of hydrogen-bond donors (Lipinski definition) is 2. The molecule has 2 N–H and O–H groups in total. The lowest BCUT2D eigenvalue weighted by Crippen LogP contribution is -2.32. The zero-order chi connectivity index (χ0) is 9.97. The summed E-state index contributed by atoms with van der Waals surface area (Å²) in [4.78, 5) is 11.4. The van der Waals surface area contributed by atoms with Crippen LogP contribution in [0.5, 0.6) is 0 Å². The van der Waals surface area contributed by atoms with E-state index in [0.717, 1.165) is 12.3 Å². The van der Waals surface area contributed by atoms with Crippen molar-refractivity contribution in [2.75, 3.05) is 13.2 Å². The number of ether oxygens (including phenoxy) is 1. The number of esters is 1. The van der Waals surface area contributed by atoms with Crippen molar-refractivity contribution in [3.05, 3.63) is 0 Å². The molecule has 2 atom stereocenters. The van der Waals surface area contributed by atoms with E-state index in [1.54, 1.807) is 0 Å². The molecule has 14 heavy (non-hydrogen) atoms. The maximum Gasteiger partial charge on any atom is 0.323 e. The van der Waals surface area contributed by atoms with Crippen LogP contribution in [0.4, 0.5) is 0 Å². The van der Waals surface area contributed by atoms with Crippen molar-refractivity contribution in [1.29, 1.82) is 0 Å². The highest BCUT2D eigenvalue weighted by Gasteiger charge is 2.29. The average Bonchev–Trinajstić information content (AvgIpc) is 2.87. The van der Waals surface area contributed by atoms with Gasteiger partial charge in [0.05, 0.1) is 12.7 Å². The molecule has 1 saturated heterocycles. The summed E-state index contributed by atoms with van der Waals surface area (Å²) in [7, 11) is 0. The minimum Gasteiger partial charge on any atom is -0.465 e. The zero-order valence-electron chi connectivity index (χ0n) is 8.24. The highest BCUT2D eigenvalue weighted by atomic mass is 16.5. The molecule has 1 heterocycles. The summed E-state index contributed by atoms with van der Waals surface area (Å²) in [5.41, 5.74) is 0. The Morgan fingerprint density at radius 2 is 2.29 bits per heavy atom. The van der Waals surface area contributed by atoms with Crippen LogP contribution in [0.25, 0.3) is 0 Å². The third-order valence-corrected chi connectivity index (χ3v) is 2.86. The zero-order valence-corrected chi connectivity index (χ0v) is 8.24. The number of nitrogens with one attached hydrogen (secondary N) is 1. The molecule has 0 amide bonds. The van der Waals surface area contributed by atoms with Crippen LogP contribution >= 0.6 is 0 Å². The third kappa shape index (κ3) is 2.69. The molecule has 2 fully saturated rings. The Hall–Kier alpha value is -0.610. The van der Waals surface area contributed by atoms with Gasteiger partial charge in [-0.25, -0.2) is 0 Å². The van der Waals surface area contributed by atoms with Gasteiger partial charge in [0.25, 0.3) is 0 Å². The topological polar surface area (TPSA) is 58.6 Å². The van der Waals surface area contributed by atoms with Crippen molar-refractivity contribution >= 4 is 5.97 Å². The third-order valence-electron chi connectivity index (χ3n) is 2.86. The largest absolute Gasteiger partial charge is 0.465 e. The first-order chi connectivity index (χ1) is 6.75. The second kappa shape index (κ2) is 4.28. The number of aliphatic hydroxyl groups excluding tert-OH is 1. The molecule has 4 nitrogen and oxygen atoms in total. The van der Waals surface area contributed by atoms with Crippen molar-refractivity contribution in [1.82, 2.24) is 5.32 Å². The van der Waals surface area contributed by atoms with E-state index in [9.17, 15) is 9.90 Å². The molecule has 0 unspecified atom stereocenters. The van der Waals surface area contributed by atoms with Crippen LogP contribution in [0.2, 0.25) is 0 Å². The minimum absolute atomic E-state index is 0.206. The minimum atomic E-state index is -0.393. The van der Waals surface area contributed by atoms with Crippen LogP contribution in [-0.2, 0) is 9.53 Å². The van der Waals surface area contributed by atoms with E-state index in [-0.39, 0.29) is 12.0 Å². The Balaban J connectivity index is 1.61. The first-order valence-electron chi connectivity index (χ1n) is 5.34. The molecule has 1 saturated carbocycles. The summed E-state index contributed by atoms with van der Waals surface area (Å²) in [6.45, 7) is 1.04. The van der Waals surface area contributed by atoms with Crippen LogP contribution < -0.4 is 5.32 Å². The van der Waals surface area contributed by atoms with Crippen LogP contribution in [0.3, 0.4) is 0 Å². The van der Waals surface area contributed by atoms with E-state index < -0.39 is 6.10 Å². The number of aliphatic hydroxyl groups is 1. The summed E-state index contributed by atoms with van der Waals surface area (Å²) in [5, 5.41) is 12.1. The predicted molar refractivity (Wildman–Crippen MR) is 50.7 cm³/mol. The molecular weight excluding hydrogens is 182 g/mol. The molecule has 1 aliphatic heterocycles. The Kier molecular flexibility index (Phi) is 3.03. The van der Waals surface area contributed by atoms with Gasteiger partial charge < -0.3 is 15.2 Å². The quantitative estimate of drug-likeness (QED) is 0.628. The fourth-order valence-corrected chi connectivity index (χ4v) is 1.73. The Bertz CT molecular complexity index is 215. The molecule has 0 spiro atoms. The lowest BCUT2D eigenvalue weighted by Gasteiger charge is -2.09. The van der Waals surface area contributed by atoms with Crippen LogP contribution in [0.1, 0.15) is 25.7 Å². The molecule has 0 radical (unpaired) electrons. The molecule has 0 aromatic heterocycles. The van der Waals surface area contributed by atoms with Gasteiger partial charge in [0.15, 0.2) is 0 Å².